The summed E-state index contributed by atoms with van der Waals surface area (Å²) in [6.45, 7) is 3.76. The van der Waals surface area contributed by atoms with Crippen molar-refractivity contribution in [1.29, 1.82) is 0 Å². The molecular weight excluding hydrogens is 390 g/mol. The van der Waals surface area contributed by atoms with Gasteiger partial charge in [0.2, 0.25) is 0 Å². The molecule has 4 rings (SSSR count). The number of anilines is 1. The summed E-state index contributed by atoms with van der Waals surface area (Å²) in [4.78, 5) is 24.4. The number of amides is 1. The van der Waals surface area contributed by atoms with E-state index in [2.05, 4.69) is 20.1 Å². The number of aryl methyl sites for hydroxylation is 2. The Kier molecular flexibility index (Phi) is 4.81. The van der Waals surface area contributed by atoms with E-state index < -0.39 is 5.76 Å². The summed E-state index contributed by atoms with van der Waals surface area (Å²) in [6.07, 6.45) is 0. The third kappa shape index (κ3) is 3.59. The number of hydrogen-bond donors (Lipinski definition) is 1. The van der Waals surface area contributed by atoms with Crippen molar-refractivity contribution in [3.05, 3.63) is 69.1 Å². The zero-order valence-corrected chi connectivity index (χ0v) is 16.8. The van der Waals surface area contributed by atoms with Crippen LogP contribution >= 0.6 is 11.5 Å². The molecule has 0 saturated heterocycles. The maximum atomic E-state index is 12.3. The van der Waals surface area contributed by atoms with E-state index in [0.29, 0.717) is 22.1 Å². The van der Waals surface area contributed by atoms with Gasteiger partial charge in [-0.3, -0.25) is 13.9 Å². The first-order valence-electron chi connectivity index (χ1n) is 8.78. The normalized spacial score (nSPS) is 10.9. The van der Waals surface area contributed by atoms with Crippen molar-refractivity contribution in [2.24, 2.45) is 7.05 Å². The average molecular weight is 407 g/mol. The molecule has 0 saturated carbocycles. The lowest BCUT2D eigenvalue weighted by Gasteiger charge is -2.10. The van der Waals surface area contributed by atoms with Crippen LogP contribution in [0.5, 0.6) is 0 Å². The summed E-state index contributed by atoms with van der Waals surface area (Å²) in [5.74, 6) is -0.266. The molecule has 0 radical (unpaired) electrons. The number of nitrogens with one attached hydrogen (secondary N) is 1. The number of aromatic nitrogens is 4. The highest BCUT2D eigenvalue weighted by Gasteiger charge is 2.14. The van der Waals surface area contributed by atoms with Crippen molar-refractivity contribution >= 4 is 23.1 Å². The van der Waals surface area contributed by atoms with Gasteiger partial charge in [0.15, 0.2) is 5.82 Å². The first-order valence-corrected chi connectivity index (χ1v) is 9.56. The summed E-state index contributed by atoms with van der Waals surface area (Å²) in [6, 6.07) is 13.4. The van der Waals surface area contributed by atoms with Gasteiger partial charge in [-0.15, -0.1) is 5.10 Å². The Morgan fingerprint density at radius 1 is 1.10 bits per heavy atom. The molecule has 9 heteroatoms. The highest BCUT2D eigenvalue weighted by atomic mass is 32.1. The average Bonchev–Trinajstić information content (AvgIpc) is 3.29. The second-order valence-electron chi connectivity index (χ2n) is 6.58. The van der Waals surface area contributed by atoms with Gasteiger partial charge in [0.05, 0.1) is 5.69 Å². The predicted octanol–water partition coefficient (Wildman–Crippen LogP) is 3.43. The fourth-order valence-electron chi connectivity index (χ4n) is 2.97. The van der Waals surface area contributed by atoms with E-state index in [1.54, 1.807) is 14.0 Å². The second kappa shape index (κ2) is 7.44. The van der Waals surface area contributed by atoms with E-state index in [-0.39, 0.29) is 5.91 Å². The van der Waals surface area contributed by atoms with E-state index in [4.69, 9.17) is 4.52 Å². The quantitative estimate of drug-likeness (QED) is 0.556. The van der Waals surface area contributed by atoms with Crippen molar-refractivity contribution in [2.75, 3.05) is 5.32 Å². The molecule has 0 aliphatic carbocycles. The summed E-state index contributed by atoms with van der Waals surface area (Å²) in [5, 5.41) is 10.6. The summed E-state index contributed by atoms with van der Waals surface area (Å²) >= 11 is 1.07. The predicted molar refractivity (Wildman–Crippen MR) is 110 cm³/mol. The van der Waals surface area contributed by atoms with Crippen LogP contribution in [-0.4, -0.2) is 25.2 Å². The molecule has 0 atom stereocenters. The van der Waals surface area contributed by atoms with Crippen LogP contribution in [0.15, 0.2) is 51.8 Å². The largest absolute Gasteiger partial charge is 0.441 e. The van der Waals surface area contributed by atoms with E-state index in [9.17, 15) is 9.59 Å². The number of carbonyl (C=O) groups excluding carboxylic acids is 1. The minimum atomic E-state index is -0.506. The third-order valence-corrected chi connectivity index (χ3v) is 5.44. The Morgan fingerprint density at radius 2 is 1.83 bits per heavy atom. The molecule has 2 aromatic carbocycles. The molecule has 0 unspecified atom stereocenters. The van der Waals surface area contributed by atoms with Crippen LogP contribution in [0.25, 0.3) is 22.5 Å². The molecule has 0 aliphatic heterocycles. The second-order valence-corrected chi connectivity index (χ2v) is 7.33. The van der Waals surface area contributed by atoms with Gasteiger partial charge in [0.25, 0.3) is 5.91 Å². The molecular formula is C20H17N5O3S. The minimum Gasteiger partial charge on any atom is -0.321 e. The fraction of sp³-hybridized carbons (Fsp3) is 0.150. The maximum absolute atomic E-state index is 12.3. The lowest BCUT2D eigenvalue weighted by atomic mass is 9.97. The number of hydrogen-bond acceptors (Lipinski definition) is 7. The fourth-order valence-corrected chi connectivity index (χ4v) is 3.52. The van der Waals surface area contributed by atoms with Crippen LogP contribution < -0.4 is 11.1 Å². The Labute approximate surface area is 170 Å². The van der Waals surface area contributed by atoms with E-state index in [1.165, 1.54) is 4.57 Å². The van der Waals surface area contributed by atoms with Crippen LogP contribution in [0.1, 0.15) is 20.9 Å². The van der Waals surface area contributed by atoms with Gasteiger partial charge >= 0.3 is 5.76 Å². The molecule has 0 fully saturated rings. The Morgan fingerprint density at radius 3 is 2.45 bits per heavy atom. The zero-order chi connectivity index (χ0) is 20.5. The van der Waals surface area contributed by atoms with Crippen molar-refractivity contribution in [2.45, 2.75) is 13.8 Å². The summed E-state index contributed by atoms with van der Waals surface area (Å²) in [7, 11) is 1.62. The van der Waals surface area contributed by atoms with Crippen LogP contribution in [0.2, 0.25) is 0 Å². The van der Waals surface area contributed by atoms with Crippen LogP contribution in [0.3, 0.4) is 0 Å². The molecule has 2 aromatic heterocycles. The molecule has 0 aliphatic rings. The lowest BCUT2D eigenvalue weighted by molar-refractivity contribution is 0.103. The molecule has 1 N–H and O–H groups in total. The first kappa shape index (κ1) is 18.8. The van der Waals surface area contributed by atoms with Crippen LogP contribution in [0.4, 0.5) is 5.69 Å². The van der Waals surface area contributed by atoms with Crippen LogP contribution in [0, 0.1) is 13.8 Å². The smallest absolute Gasteiger partial charge is 0.321 e. The number of carbonyl (C=O) groups is 1. The third-order valence-electron chi connectivity index (χ3n) is 4.61. The van der Waals surface area contributed by atoms with Gasteiger partial charge in [-0.1, -0.05) is 33.9 Å². The van der Waals surface area contributed by atoms with Gasteiger partial charge in [-0.2, -0.15) is 0 Å². The first-order chi connectivity index (χ1) is 13.9. The van der Waals surface area contributed by atoms with E-state index in [1.807, 2.05) is 49.4 Å². The highest BCUT2D eigenvalue weighted by molar-refractivity contribution is 7.08. The topological polar surface area (TPSA) is 103 Å². The van der Waals surface area contributed by atoms with E-state index in [0.717, 1.165) is 33.8 Å². The minimum absolute atomic E-state index is 0.227. The molecule has 0 bridgehead atoms. The Hall–Kier alpha value is -3.59. The van der Waals surface area contributed by atoms with Gasteiger partial charge in [0, 0.05) is 18.3 Å². The SMILES string of the molecule is Cc1ccc(-c2noc(=O)n2C)cc1-c1ccc(NC(=O)c2snnc2C)cc1. The Bertz CT molecular complexity index is 1250. The van der Waals surface area contributed by atoms with E-state index >= 15 is 0 Å². The van der Waals surface area contributed by atoms with Crippen molar-refractivity contribution in [3.8, 4) is 22.5 Å². The lowest BCUT2D eigenvalue weighted by Crippen LogP contribution is -2.11. The molecule has 2 heterocycles. The standard InChI is InChI=1S/C20H17N5O3S/c1-11-4-5-14(18-23-28-20(27)25(18)3)10-16(11)13-6-8-15(9-7-13)21-19(26)17-12(2)22-24-29-17/h4-10H,1-3H3,(H,21,26). The van der Waals surface area contributed by atoms with Crippen molar-refractivity contribution in [1.82, 2.24) is 19.3 Å². The molecule has 1 amide bonds. The van der Waals surface area contributed by atoms with Gasteiger partial charge in [-0.25, -0.2) is 4.79 Å². The van der Waals surface area contributed by atoms with Gasteiger partial charge in [0.1, 0.15) is 4.88 Å². The summed E-state index contributed by atoms with van der Waals surface area (Å²) in [5.41, 5.74) is 5.12. The van der Waals surface area contributed by atoms with Crippen molar-refractivity contribution < 1.29 is 9.32 Å². The molecule has 8 nitrogen and oxygen atoms in total. The monoisotopic (exact) mass is 407 g/mol. The zero-order valence-electron chi connectivity index (χ0n) is 16.0. The highest BCUT2D eigenvalue weighted by Crippen LogP contribution is 2.29. The molecule has 29 heavy (non-hydrogen) atoms. The molecule has 0 spiro atoms. The molecule has 146 valence electrons. The summed E-state index contributed by atoms with van der Waals surface area (Å²) < 4.78 is 9.88. The van der Waals surface area contributed by atoms with Gasteiger partial charge < -0.3 is 5.32 Å². The number of benzene rings is 2. The number of nitrogens with zero attached hydrogens (tertiary/aromatic N) is 4. The molecule has 4 aromatic rings. The number of rotatable bonds is 4. The van der Waals surface area contributed by atoms with Gasteiger partial charge in [-0.05, 0) is 60.3 Å². The van der Waals surface area contributed by atoms with Crippen molar-refractivity contribution in [3.63, 3.8) is 0 Å². The van der Waals surface area contributed by atoms with Crippen LogP contribution in [-0.2, 0) is 7.05 Å². The Balaban J connectivity index is 1.61. The maximum Gasteiger partial charge on any atom is 0.441 e.